The van der Waals surface area contributed by atoms with Gasteiger partial charge in [0.1, 0.15) is 5.82 Å². The third-order valence-corrected chi connectivity index (χ3v) is 3.59. The van der Waals surface area contributed by atoms with Crippen molar-refractivity contribution in [2.24, 2.45) is 5.41 Å². The van der Waals surface area contributed by atoms with Gasteiger partial charge in [0.25, 0.3) is 0 Å². The Morgan fingerprint density at radius 3 is 2.80 bits per heavy atom. The third kappa shape index (κ3) is 4.33. The highest BCUT2D eigenvalue weighted by Gasteiger charge is 2.28. The maximum atomic E-state index is 13.6. The smallest absolute Gasteiger partial charge is 0.124 e. The molecule has 0 aliphatic carbocycles. The van der Waals surface area contributed by atoms with Crippen molar-refractivity contribution in [3.05, 3.63) is 35.1 Å². The van der Waals surface area contributed by atoms with Crippen molar-refractivity contribution in [2.75, 3.05) is 19.7 Å². The van der Waals surface area contributed by atoms with Crippen LogP contribution >= 0.6 is 0 Å². The molecular weight excluding hydrogens is 253 g/mol. The molecule has 1 heterocycles. The molecule has 20 heavy (non-hydrogen) atoms. The molecule has 1 aliphatic rings. The van der Waals surface area contributed by atoms with Crippen LogP contribution in [-0.2, 0) is 6.54 Å². The minimum Gasteiger partial charge on any atom is -0.395 e. The summed E-state index contributed by atoms with van der Waals surface area (Å²) in [5.41, 5.74) is 2.01. The Hall–Kier alpha value is -1.37. The van der Waals surface area contributed by atoms with Crippen molar-refractivity contribution in [1.29, 1.82) is 0 Å². The fourth-order valence-corrected chi connectivity index (χ4v) is 2.65. The summed E-state index contributed by atoms with van der Waals surface area (Å²) >= 11 is 0. The zero-order valence-corrected chi connectivity index (χ0v) is 12.2. The number of halogens is 1. The minimum atomic E-state index is -0.241. The average molecular weight is 275 g/mol. The monoisotopic (exact) mass is 275 g/mol. The van der Waals surface area contributed by atoms with Gasteiger partial charge in [-0.3, -0.25) is 4.90 Å². The second kappa shape index (κ2) is 6.39. The van der Waals surface area contributed by atoms with Crippen LogP contribution in [0.2, 0.25) is 0 Å². The second-order valence-corrected chi connectivity index (χ2v) is 6.25. The molecule has 1 aliphatic heterocycles. The molecule has 1 aromatic carbocycles. The molecule has 0 radical (unpaired) electrons. The maximum absolute atomic E-state index is 13.6. The van der Waals surface area contributed by atoms with Crippen molar-refractivity contribution in [3.8, 4) is 11.8 Å². The van der Waals surface area contributed by atoms with Crippen LogP contribution < -0.4 is 0 Å². The Morgan fingerprint density at radius 2 is 2.15 bits per heavy atom. The predicted molar refractivity (Wildman–Crippen MR) is 78.7 cm³/mol. The van der Waals surface area contributed by atoms with E-state index in [0.717, 1.165) is 25.2 Å². The molecule has 1 saturated heterocycles. The van der Waals surface area contributed by atoms with Crippen molar-refractivity contribution in [3.63, 3.8) is 0 Å². The van der Waals surface area contributed by atoms with Crippen LogP contribution in [0.1, 0.15) is 37.8 Å². The van der Waals surface area contributed by atoms with E-state index in [1.807, 2.05) is 6.07 Å². The van der Waals surface area contributed by atoms with Gasteiger partial charge in [0.15, 0.2) is 0 Å². The van der Waals surface area contributed by atoms with Gasteiger partial charge in [0.05, 0.1) is 6.61 Å². The molecule has 1 aromatic rings. The van der Waals surface area contributed by atoms with Gasteiger partial charge in [-0.05, 0) is 42.1 Å². The standard InChI is InChI=1S/C17H22FNO/c1-17(2)6-7-19(13-17)12-15-9-14(5-3-4-8-20)10-16(18)11-15/h9-11,20H,4,6-8,12-13H2,1-2H3. The van der Waals surface area contributed by atoms with E-state index < -0.39 is 0 Å². The molecule has 0 atom stereocenters. The highest BCUT2D eigenvalue weighted by Crippen LogP contribution is 2.29. The lowest BCUT2D eigenvalue weighted by Crippen LogP contribution is -2.22. The highest BCUT2D eigenvalue weighted by atomic mass is 19.1. The number of hydrogen-bond acceptors (Lipinski definition) is 2. The number of hydrogen-bond donors (Lipinski definition) is 1. The summed E-state index contributed by atoms with van der Waals surface area (Å²) in [7, 11) is 0. The number of nitrogens with zero attached hydrogens (tertiary/aromatic N) is 1. The first kappa shape index (κ1) is 15.0. The summed E-state index contributed by atoms with van der Waals surface area (Å²) in [6.07, 6.45) is 1.61. The number of rotatable bonds is 3. The molecule has 2 nitrogen and oxygen atoms in total. The van der Waals surface area contributed by atoms with Gasteiger partial charge in [0, 0.05) is 25.1 Å². The Kier molecular flexibility index (Phi) is 4.80. The van der Waals surface area contributed by atoms with Crippen LogP contribution in [0, 0.1) is 23.1 Å². The van der Waals surface area contributed by atoms with Crippen molar-refractivity contribution >= 4 is 0 Å². The fraction of sp³-hybridized carbons (Fsp3) is 0.529. The van der Waals surface area contributed by atoms with E-state index in [2.05, 4.69) is 30.6 Å². The lowest BCUT2D eigenvalue weighted by molar-refractivity contribution is 0.284. The lowest BCUT2D eigenvalue weighted by Gasteiger charge is -2.19. The normalized spacial score (nSPS) is 17.8. The van der Waals surface area contributed by atoms with Crippen LogP contribution in [0.3, 0.4) is 0 Å². The first-order chi connectivity index (χ1) is 9.48. The van der Waals surface area contributed by atoms with E-state index in [1.165, 1.54) is 12.5 Å². The van der Waals surface area contributed by atoms with E-state index in [0.29, 0.717) is 17.4 Å². The Bertz CT molecular complexity index is 528. The molecular formula is C17H22FNO. The SMILES string of the molecule is CC1(C)CCN(Cc2cc(F)cc(C#CCCO)c2)C1. The number of aliphatic hydroxyl groups excluding tert-OH is 1. The van der Waals surface area contributed by atoms with Gasteiger partial charge >= 0.3 is 0 Å². The molecule has 1 N–H and O–H groups in total. The second-order valence-electron chi connectivity index (χ2n) is 6.25. The van der Waals surface area contributed by atoms with E-state index in [-0.39, 0.29) is 12.4 Å². The first-order valence-corrected chi connectivity index (χ1v) is 7.10. The fourth-order valence-electron chi connectivity index (χ4n) is 2.65. The third-order valence-electron chi connectivity index (χ3n) is 3.59. The molecule has 0 aromatic heterocycles. The Balaban J connectivity index is 2.07. The number of aliphatic hydroxyl groups is 1. The maximum Gasteiger partial charge on any atom is 0.124 e. The summed E-state index contributed by atoms with van der Waals surface area (Å²) in [4.78, 5) is 2.36. The van der Waals surface area contributed by atoms with Crippen molar-refractivity contribution < 1.29 is 9.50 Å². The van der Waals surface area contributed by atoms with Gasteiger partial charge in [-0.25, -0.2) is 4.39 Å². The van der Waals surface area contributed by atoms with Crippen LogP contribution in [0.15, 0.2) is 18.2 Å². The molecule has 0 spiro atoms. The van der Waals surface area contributed by atoms with Gasteiger partial charge in [0.2, 0.25) is 0 Å². The van der Waals surface area contributed by atoms with Crippen LogP contribution in [0.4, 0.5) is 4.39 Å². The molecule has 0 amide bonds. The van der Waals surface area contributed by atoms with Crippen molar-refractivity contribution in [2.45, 2.75) is 33.2 Å². The van der Waals surface area contributed by atoms with Crippen LogP contribution in [0.5, 0.6) is 0 Å². The van der Waals surface area contributed by atoms with Crippen LogP contribution in [0.25, 0.3) is 0 Å². The van der Waals surface area contributed by atoms with Crippen molar-refractivity contribution in [1.82, 2.24) is 4.90 Å². The molecule has 1 fully saturated rings. The summed E-state index contributed by atoms with van der Waals surface area (Å²) in [6, 6.07) is 4.98. The molecule has 0 bridgehead atoms. The topological polar surface area (TPSA) is 23.5 Å². The van der Waals surface area contributed by atoms with Gasteiger partial charge in [-0.1, -0.05) is 25.7 Å². The summed E-state index contributed by atoms with van der Waals surface area (Å²) in [5, 5.41) is 8.71. The zero-order chi connectivity index (χ0) is 14.6. The summed E-state index contributed by atoms with van der Waals surface area (Å²) in [5.74, 6) is 5.49. The van der Waals surface area contributed by atoms with Gasteiger partial charge in [-0.15, -0.1) is 0 Å². The van der Waals surface area contributed by atoms with Gasteiger partial charge in [-0.2, -0.15) is 0 Å². The molecule has 3 heteroatoms. The molecule has 0 saturated carbocycles. The van der Waals surface area contributed by atoms with E-state index in [9.17, 15) is 4.39 Å². The summed E-state index contributed by atoms with van der Waals surface area (Å²) in [6.45, 7) is 7.47. The number of likely N-dealkylation sites (tertiary alicyclic amines) is 1. The van der Waals surface area contributed by atoms with E-state index in [4.69, 9.17) is 5.11 Å². The Morgan fingerprint density at radius 1 is 1.35 bits per heavy atom. The number of benzene rings is 1. The molecule has 0 unspecified atom stereocenters. The highest BCUT2D eigenvalue weighted by molar-refractivity contribution is 5.37. The quantitative estimate of drug-likeness (QED) is 0.857. The van der Waals surface area contributed by atoms with E-state index in [1.54, 1.807) is 6.07 Å². The molecule has 2 rings (SSSR count). The van der Waals surface area contributed by atoms with Crippen LogP contribution in [-0.4, -0.2) is 29.7 Å². The first-order valence-electron chi connectivity index (χ1n) is 7.10. The minimum absolute atomic E-state index is 0.0397. The predicted octanol–water partition coefficient (Wildman–Crippen LogP) is 2.79. The largest absolute Gasteiger partial charge is 0.395 e. The van der Waals surface area contributed by atoms with Gasteiger partial charge < -0.3 is 5.11 Å². The zero-order valence-electron chi connectivity index (χ0n) is 12.2. The summed E-state index contributed by atoms with van der Waals surface area (Å²) < 4.78 is 13.6. The average Bonchev–Trinajstić information content (AvgIpc) is 2.68. The molecule has 108 valence electrons. The van der Waals surface area contributed by atoms with E-state index >= 15 is 0 Å². The lowest BCUT2D eigenvalue weighted by atomic mass is 9.93. The Labute approximate surface area is 120 Å².